The van der Waals surface area contributed by atoms with Gasteiger partial charge in [-0.05, 0) is 25.8 Å². The van der Waals surface area contributed by atoms with Crippen LogP contribution in [0.4, 0.5) is 37.8 Å². The molecule has 4 atom stereocenters. The van der Waals surface area contributed by atoms with E-state index in [2.05, 4.69) is 15.7 Å². The molecule has 1 aliphatic carbocycles. The molecule has 0 radical (unpaired) electrons. The summed E-state index contributed by atoms with van der Waals surface area (Å²) in [6, 6.07) is -1.78. The average molecular weight is 608 g/mol. The molecule has 42 heavy (non-hydrogen) atoms. The third-order valence-electron chi connectivity index (χ3n) is 7.77. The van der Waals surface area contributed by atoms with Gasteiger partial charge in [0.2, 0.25) is 11.8 Å². The van der Waals surface area contributed by atoms with Crippen LogP contribution in [0.25, 0.3) is 0 Å². The number of hydrazine groups is 1. The fourth-order valence-corrected chi connectivity index (χ4v) is 5.61. The molecule has 4 aliphatic rings. The maximum atomic E-state index is 13.4. The molecule has 5 rings (SSSR count). The van der Waals surface area contributed by atoms with Gasteiger partial charge in [-0.25, -0.2) is 10.4 Å². The number of carbonyl (C=O) groups excluding carboxylic acids is 3. The highest BCUT2D eigenvalue weighted by atomic mass is 19.4. The molecule has 1 aromatic heterocycles. The SMILES string of the molecule is C[C@@H](COCCC(=O)N1CCN2c3ncc(C(F)(F)F)cc3N(C3CC3)C(=O)[C@H]2C1)NC1CNNC(=O)C1C(F)(F)F. The fourth-order valence-electron chi connectivity index (χ4n) is 5.61. The number of anilines is 2. The molecule has 0 spiro atoms. The first-order valence-corrected chi connectivity index (χ1v) is 13.6. The standard InChI is InChI=1S/C25H31F6N7O4/c1-13(34-16-10-33-35-22(40)20(16)25(29,30)31)12-42-7-4-19(39)36-5-6-37-18(11-36)23(41)38(15-2-3-15)17-8-14(24(26,27)28)9-32-21(17)37/h8-9,13,15-16,18,20,33-34H,2-7,10-12H2,1H3,(H,35,40)/t13-,16?,18+,20?/m0/s1. The number of hydrogen-bond acceptors (Lipinski definition) is 8. The normalized spacial score (nSPS) is 25.6. The summed E-state index contributed by atoms with van der Waals surface area (Å²) in [6.45, 7) is 1.91. The molecule has 0 aromatic carbocycles. The van der Waals surface area contributed by atoms with E-state index in [0.29, 0.717) is 12.8 Å². The highest BCUT2D eigenvalue weighted by molar-refractivity contribution is 6.06. The predicted octanol–water partition coefficient (Wildman–Crippen LogP) is 1.19. The van der Waals surface area contributed by atoms with E-state index in [4.69, 9.17) is 4.74 Å². The summed E-state index contributed by atoms with van der Waals surface area (Å²) in [7, 11) is 0. The van der Waals surface area contributed by atoms with Crippen molar-refractivity contribution in [2.24, 2.45) is 5.92 Å². The summed E-state index contributed by atoms with van der Waals surface area (Å²) >= 11 is 0. The number of hydrogen-bond donors (Lipinski definition) is 3. The van der Waals surface area contributed by atoms with Gasteiger partial charge in [-0.2, -0.15) is 26.3 Å². The van der Waals surface area contributed by atoms with Crippen molar-refractivity contribution >= 4 is 29.2 Å². The van der Waals surface area contributed by atoms with Gasteiger partial charge in [-0.15, -0.1) is 0 Å². The Bertz CT molecular complexity index is 1210. The van der Waals surface area contributed by atoms with Gasteiger partial charge in [-0.3, -0.25) is 19.8 Å². The first kappa shape index (κ1) is 30.3. The van der Waals surface area contributed by atoms with Crippen LogP contribution >= 0.6 is 0 Å². The zero-order chi connectivity index (χ0) is 30.4. The molecule has 2 unspecified atom stereocenters. The fraction of sp³-hybridized carbons (Fsp3) is 0.680. The van der Waals surface area contributed by atoms with Crippen LogP contribution in [-0.2, 0) is 25.3 Å². The number of fused-ring (bicyclic) bond motifs is 3. The zero-order valence-electron chi connectivity index (χ0n) is 22.6. The number of ether oxygens (including phenoxy) is 1. The first-order chi connectivity index (χ1) is 19.8. The monoisotopic (exact) mass is 607 g/mol. The largest absolute Gasteiger partial charge is 0.417 e. The third kappa shape index (κ3) is 6.27. The van der Waals surface area contributed by atoms with Crippen molar-refractivity contribution in [2.75, 3.05) is 49.2 Å². The maximum absolute atomic E-state index is 13.4. The van der Waals surface area contributed by atoms with Gasteiger partial charge < -0.3 is 24.8 Å². The number of halogens is 6. The third-order valence-corrected chi connectivity index (χ3v) is 7.77. The molecular weight excluding hydrogens is 576 g/mol. The molecule has 3 amide bonds. The lowest BCUT2D eigenvalue weighted by Gasteiger charge is -2.47. The van der Waals surface area contributed by atoms with Gasteiger partial charge in [0.25, 0.3) is 5.91 Å². The Balaban J connectivity index is 1.14. The van der Waals surface area contributed by atoms with Gasteiger partial charge in [0.15, 0.2) is 11.7 Å². The lowest BCUT2D eigenvalue weighted by atomic mass is 9.96. The minimum absolute atomic E-state index is 0.0103. The average Bonchev–Trinajstić information content (AvgIpc) is 3.74. The quantitative estimate of drug-likeness (QED) is 0.298. The Kier molecular flexibility index (Phi) is 8.28. The Hall–Kier alpha value is -3.18. The van der Waals surface area contributed by atoms with E-state index in [9.17, 15) is 40.7 Å². The molecule has 3 aliphatic heterocycles. The van der Waals surface area contributed by atoms with E-state index in [1.165, 1.54) is 9.80 Å². The van der Waals surface area contributed by atoms with Crippen molar-refractivity contribution in [3.05, 3.63) is 17.8 Å². The minimum Gasteiger partial charge on any atom is -0.379 e. The number of pyridine rings is 1. The van der Waals surface area contributed by atoms with Gasteiger partial charge in [0.05, 0.1) is 37.4 Å². The number of alkyl halides is 6. The zero-order valence-corrected chi connectivity index (χ0v) is 22.6. The molecule has 17 heteroatoms. The van der Waals surface area contributed by atoms with Crippen molar-refractivity contribution < 1.29 is 45.5 Å². The second-order valence-electron chi connectivity index (χ2n) is 10.9. The molecule has 4 heterocycles. The van der Waals surface area contributed by atoms with Crippen molar-refractivity contribution in [3.8, 4) is 0 Å². The highest BCUT2D eigenvalue weighted by Crippen LogP contribution is 2.44. The molecule has 3 fully saturated rings. The number of rotatable bonds is 8. The number of amides is 3. The van der Waals surface area contributed by atoms with E-state index in [1.54, 1.807) is 11.8 Å². The van der Waals surface area contributed by atoms with E-state index in [0.717, 1.165) is 12.3 Å². The minimum atomic E-state index is -4.72. The molecular formula is C25H31F6N7O4. The van der Waals surface area contributed by atoms with Crippen LogP contribution < -0.4 is 26.0 Å². The Morgan fingerprint density at radius 2 is 1.93 bits per heavy atom. The van der Waals surface area contributed by atoms with Gasteiger partial charge in [-0.1, -0.05) is 0 Å². The Morgan fingerprint density at radius 3 is 2.60 bits per heavy atom. The van der Waals surface area contributed by atoms with Crippen molar-refractivity contribution in [1.29, 1.82) is 0 Å². The van der Waals surface area contributed by atoms with Crippen molar-refractivity contribution in [2.45, 2.75) is 62.7 Å². The summed E-state index contributed by atoms with van der Waals surface area (Å²) < 4.78 is 85.5. The van der Waals surface area contributed by atoms with E-state index >= 15 is 0 Å². The molecule has 3 N–H and O–H groups in total. The lowest BCUT2D eigenvalue weighted by molar-refractivity contribution is -0.193. The first-order valence-electron chi connectivity index (χ1n) is 13.6. The summed E-state index contributed by atoms with van der Waals surface area (Å²) in [5.74, 6) is -3.77. The van der Waals surface area contributed by atoms with E-state index in [-0.39, 0.29) is 75.2 Å². The topological polar surface area (TPSA) is 119 Å². The molecule has 11 nitrogen and oxygen atoms in total. The Labute approximate surface area is 236 Å². The van der Waals surface area contributed by atoms with Crippen LogP contribution in [0.2, 0.25) is 0 Å². The van der Waals surface area contributed by atoms with Crippen LogP contribution in [-0.4, -0.2) is 97.3 Å². The smallest absolute Gasteiger partial charge is 0.379 e. The number of aromatic nitrogens is 1. The van der Waals surface area contributed by atoms with Gasteiger partial charge >= 0.3 is 12.4 Å². The molecule has 1 saturated carbocycles. The van der Waals surface area contributed by atoms with Crippen LogP contribution in [0.3, 0.4) is 0 Å². The Morgan fingerprint density at radius 1 is 1.19 bits per heavy atom. The maximum Gasteiger partial charge on any atom is 0.417 e. The number of carbonyl (C=O) groups is 3. The van der Waals surface area contributed by atoms with Gasteiger partial charge in [0, 0.05) is 44.0 Å². The van der Waals surface area contributed by atoms with Crippen LogP contribution in [0, 0.1) is 5.92 Å². The van der Waals surface area contributed by atoms with Crippen molar-refractivity contribution in [1.82, 2.24) is 26.1 Å². The molecule has 232 valence electrons. The van der Waals surface area contributed by atoms with Crippen LogP contribution in [0.15, 0.2) is 12.3 Å². The van der Waals surface area contributed by atoms with Crippen molar-refractivity contribution in [3.63, 3.8) is 0 Å². The van der Waals surface area contributed by atoms with Crippen LogP contribution in [0.5, 0.6) is 0 Å². The predicted molar refractivity (Wildman–Crippen MR) is 135 cm³/mol. The number of nitrogens with one attached hydrogen (secondary N) is 3. The summed E-state index contributed by atoms with van der Waals surface area (Å²) in [6.07, 6.45) is -7.27. The van der Waals surface area contributed by atoms with E-state index in [1.807, 2.05) is 5.43 Å². The number of piperazine rings is 1. The number of nitrogens with zero attached hydrogens (tertiary/aromatic N) is 4. The van der Waals surface area contributed by atoms with Crippen LogP contribution in [0.1, 0.15) is 31.7 Å². The summed E-state index contributed by atoms with van der Waals surface area (Å²) in [5.41, 5.74) is 3.62. The van der Waals surface area contributed by atoms with Gasteiger partial charge in [0.1, 0.15) is 6.04 Å². The summed E-state index contributed by atoms with van der Waals surface area (Å²) in [5, 5.41) is 2.75. The molecule has 0 bridgehead atoms. The highest BCUT2D eigenvalue weighted by Gasteiger charge is 2.52. The molecule has 2 saturated heterocycles. The lowest BCUT2D eigenvalue weighted by Crippen LogP contribution is -2.65. The second kappa shape index (κ2) is 11.5. The van der Waals surface area contributed by atoms with E-state index < -0.39 is 47.9 Å². The summed E-state index contributed by atoms with van der Waals surface area (Å²) in [4.78, 5) is 46.7. The molecule has 1 aromatic rings. The second-order valence-corrected chi connectivity index (χ2v) is 10.9.